The van der Waals surface area contributed by atoms with Gasteiger partial charge in [-0.2, -0.15) is 5.10 Å². The van der Waals surface area contributed by atoms with Crippen molar-refractivity contribution < 1.29 is 9.53 Å². The highest BCUT2D eigenvalue weighted by Crippen LogP contribution is 2.27. The van der Waals surface area contributed by atoms with E-state index in [-0.39, 0.29) is 12.5 Å². The maximum Gasteiger partial charge on any atom is 0.277 e. The van der Waals surface area contributed by atoms with Gasteiger partial charge in [0.2, 0.25) is 0 Å². The number of nitrogens with one attached hydrogen (secondary N) is 1. The molecule has 0 unspecified atom stereocenters. The van der Waals surface area contributed by atoms with Gasteiger partial charge in [0.25, 0.3) is 5.91 Å². The van der Waals surface area contributed by atoms with Crippen molar-refractivity contribution in [2.45, 2.75) is 33.6 Å². The maximum atomic E-state index is 12.0. The lowest BCUT2D eigenvalue weighted by Crippen LogP contribution is -2.26. The van der Waals surface area contributed by atoms with Gasteiger partial charge in [-0.15, -0.1) is 0 Å². The number of benzene rings is 2. The fourth-order valence-electron chi connectivity index (χ4n) is 2.32. The van der Waals surface area contributed by atoms with Crippen LogP contribution < -0.4 is 10.2 Å². The van der Waals surface area contributed by atoms with Crippen LogP contribution in [0.3, 0.4) is 0 Å². The van der Waals surface area contributed by atoms with Gasteiger partial charge in [-0.1, -0.05) is 49.7 Å². The number of ether oxygens (including phenoxy) is 1. The van der Waals surface area contributed by atoms with E-state index in [1.165, 1.54) is 0 Å². The highest BCUT2D eigenvalue weighted by molar-refractivity contribution is 6.30. The number of carbonyl (C=O) groups is 1. The number of hydrogen-bond donors (Lipinski definition) is 1. The van der Waals surface area contributed by atoms with Crippen molar-refractivity contribution in [1.29, 1.82) is 0 Å². The highest BCUT2D eigenvalue weighted by Gasteiger charge is 2.10. The summed E-state index contributed by atoms with van der Waals surface area (Å²) in [6.07, 6.45) is 0. The minimum atomic E-state index is -0.301. The normalized spacial score (nSPS) is 11.5. The molecular formula is C20H23ClN2O2. The zero-order valence-electron chi connectivity index (χ0n) is 15.0. The number of aryl methyl sites for hydroxylation is 1. The molecule has 1 amide bonds. The van der Waals surface area contributed by atoms with Crippen molar-refractivity contribution in [2.24, 2.45) is 5.10 Å². The molecule has 2 rings (SSSR count). The average molecular weight is 359 g/mol. The quantitative estimate of drug-likeness (QED) is 0.601. The van der Waals surface area contributed by atoms with Crippen molar-refractivity contribution in [3.05, 3.63) is 64.2 Å². The number of hydrazone groups is 1. The monoisotopic (exact) mass is 358 g/mol. The summed E-state index contributed by atoms with van der Waals surface area (Å²) in [5, 5.41) is 4.77. The van der Waals surface area contributed by atoms with Gasteiger partial charge in [-0.25, -0.2) is 5.43 Å². The number of carbonyl (C=O) groups excluding carboxylic acids is 1. The molecule has 0 radical (unpaired) electrons. The van der Waals surface area contributed by atoms with Gasteiger partial charge in [0.1, 0.15) is 5.75 Å². The molecule has 0 aliphatic heterocycles. The SMILES string of the molecule is C/C(=N\NC(=O)COc1cc(C)ccc1C(C)C)c1ccc(Cl)cc1. The predicted octanol–water partition coefficient (Wildman–Crippen LogP) is 4.69. The van der Waals surface area contributed by atoms with Crippen LogP contribution in [0.15, 0.2) is 47.6 Å². The van der Waals surface area contributed by atoms with E-state index >= 15 is 0 Å². The number of nitrogens with zero attached hydrogens (tertiary/aromatic N) is 1. The van der Waals surface area contributed by atoms with E-state index in [1.54, 1.807) is 12.1 Å². The molecule has 0 aliphatic carbocycles. The number of hydrogen-bond acceptors (Lipinski definition) is 3. The molecule has 4 nitrogen and oxygen atoms in total. The highest BCUT2D eigenvalue weighted by atomic mass is 35.5. The van der Waals surface area contributed by atoms with E-state index in [0.29, 0.717) is 16.7 Å². The molecule has 2 aromatic rings. The molecule has 132 valence electrons. The van der Waals surface area contributed by atoms with Crippen LogP contribution in [-0.2, 0) is 4.79 Å². The van der Waals surface area contributed by atoms with Gasteiger partial charge >= 0.3 is 0 Å². The zero-order valence-corrected chi connectivity index (χ0v) is 15.7. The maximum absolute atomic E-state index is 12.0. The van der Waals surface area contributed by atoms with E-state index in [9.17, 15) is 4.79 Å². The van der Waals surface area contributed by atoms with Crippen LogP contribution in [-0.4, -0.2) is 18.2 Å². The lowest BCUT2D eigenvalue weighted by Gasteiger charge is -2.14. The lowest BCUT2D eigenvalue weighted by molar-refractivity contribution is -0.123. The van der Waals surface area contributed by atoms with Gasteiger partial charge in [0, 0.05) is 5.02 Å². The van der Waals surface area contributed by atoms with E-state index in [1.807, 2.05) is 44.2 Å². The van der Waals surface area contributed by atoms with Crippen molar-refractivity contribution in [3.63, 3.8) is 0 Å². The summed E-state index contributed by atoms with van der Waals surface area (Å²) in [4.78, 5) is 12.0. The fourth-order valence-corrected chi connectivity index (χ4v) is 2.45. The first-order chi connectivity index (χ1) is 11.9. The second kappa shape index (κ2) is 8.67. The Labute approximate surface area is 153 Å². The molecule has 0 saturated heterocycles. The molecule has 0 aromatic heterocycles. The minimum absolute atomic E-state index is 0.0828. The molecule has 0 atom stereocenters. The number of rotatable bonds is 6. The average Bonchev–Trinajstić information content (AvgIpc) is 2.58. The molecule has 5 heteroatoms. The Kier molecular flexibility index (Phi) is 6.59. The van der Waals surface area contributed by atoms with Crippen molar-refractivity contribution in [2.75, 3.05) is 6.61 Å². The Hall–Kier alpha value is -2.33. The number of amides is 1. The summed E-state index contributed by atoms with van der Waals surface area (Å²) < 4.78 is 5.70. The van der Waals surface area contributed by atoms with Gasteiger partial charge in [0.05, 0.1) is 5.71 Å². The van der Waals surface area contributed by atoms with Crippen molar-refractivity contribution >= 4 is 23.2 Å². The smallest absolute Gasteiger partial charge is 0.277 e. The van der Waals surface area contributed by atoms with Gasteiger partial charge in [-0.3, -0.25) is 4.79 Å². The molecular weight excluding hydrogens is 336 g/mol. The second-order valence-corrected chi connectivity index (χ2v) is 6.66. The molecule has 0 saturated carbocycles. The first-order valence-electron chi connectivity index (χ1n) is 8.19. The molecule has 0 aliphatic rings. The molecule has 1 N–H and O–H groups in total. The zero-order chi connectivity index (χ0) is 18.4. The van der Waals surface area contributed by atoms with E-state index < -0.39 is 0 Å². The molecule has 0 heterocycles. The Morgan fingerprint density at radius 1 is 1.20 bits per heavy atom. The Bertz CT molecular complexity index is 768. The fraction of sp³-hybridized carbons (Fsp3) is 0.300. The Morgan fingerprint density at radius 3 is 2.52 bits per heavy atom. The van der Waals surface area contributed by atoms with E-state index in [2.05, 4.69) is 24.4 Å². The summed E-state index contributed by atoms with van der Waals surface area (Å²) >= 11 is 5.86. The van der Waals surface area contributed by atoms with Crippen LogP contribution in [0.2, 0.25) is 5.02 Å². The third-order valence-corrected chi connectivity index (χ3v) is 4.01. The molecule has 0 bridgehead atoms. The lowest BCUT2D eigenvalue weighted by atomic mass is 10.0. The molecule has 0 fully saturated rings. The first-order valence-corrected chi connectivity index (χ1v) is 8.57. The number of halogens is 1. The molecule has 25 heavy (non-hydrogen) atoms. The third kappa shape index (κ3) is 5.61. The van der Waals surface area contributed by atoms with E-state index in [4.69, 9.17) is 16.3 Å². The summed E-state index contributed by atoms with van der Waals surface area (Å²) in [6.45, 7) is 7.92. The predicted molar refractivity (Wildman–Crippen MR) is 103 cm³/mol. The second-order valence-electron chi connectivity index (χ2n) is 6.22. The Morgan fingerprint density at radius 2 is 1.88 bits per heavy atom. The Balaban J connectivity index is 1.96. The summed E-state index contributed by atoms with van der Waals surface area (Å²) in [6, 6.07) is 13.3. The molecule has 0 spiro atoms. The standard InChI is InChI=1S/C20H23ClN2O2/c1-13(2)18-10-5-14(3)11-19(18)25-12-20(24)23-22-15(4)16-6-8-17(21)9-7-16/h5-11,13H,12H2,1-4H3,(H,23,24)/b22-15+. The van der Waals surface area contributed by atoms with Gasteiger partial charge in [0.15, 0.2) is 6.61 Å². The largest absolute Gasteiger partial charge is 0.483 e. The van der Waals surface area contributed by atoms with Crippen LogP contribution in [0.5, 0.6) is 5.75 Å². The van der Waals surface area contributed by atoms with Crippen LogP contribution in [0.25, 0.3) is 0 Å². The summed E-state index contributed by atoms with van der Waals surface area (Å²) in [7, 11) is 0. The van der Waals surface area contributed by atoms with Crippen LogP contribution in [0.4, 0.5) is 0 Å². The third-order valence-electron chi connectivity index (χ3n) is 3.76. The van der Waals surface area contributed by atoms with Crippen molar-refractivity contribution in [3.8, 4) is 5.75 Å². The summed E-state index contributed by atoms with van der Waals surface area (Å²) in [5.41, 5.74) is 6.29. The van der Waals surface area contributed by atoms with Crippen LogP contribution in [0, 0.1) is 6.92 Å². The van der Waals surface area contributed by atoms with Crippen molar-refractivity contribution in [1.82, 2.24) is 5.43 Å². The topological polar surface area (TPSA) is 50.7 Å². The van der Waals surface area contributed by atoms with Gasteiger partial charge in [-0.05, 0) is 54.7 Å². The summed E-state index contributed by atoms with van der Waals surface area (Å²) in [5.74, 6) is 0.761. The van der Waals surface area contributed by atoms with E-state index in [0.717, 1.165) is 22.4 Å². The van der Waals surface area contributed by atoms with Crippen LogP contribution >= 0.6 is 11.6 Å². The van der Waals surface area contributed by atoms with Gasteiger partial charge < -0.3 is 4.74 Å². The minimum Gasteiger partial charge on any atom is -0.483 e. The first kappa shape index (κ1) is 19.0. The molecule has 2 aromatic carbocycles. The van der Waals surface area contributed by atoms with Crippen LogP contribution in [0.1, 0.15) is 43.4 Å².